The van der Waals surface area contributed by atoms with E-state index in [2.05, 4.69) is 25.3 Å². The molecule has 54 valence electrons. The van der Waals surface area contributed by atoms with Crippen molar-refractivity contribution in [1.82, 2.24) is 0 Å². The van der Waals surface area contributed by atoms with Gasteiger partial charge in [0.25, 0.3) is 0 Å². The topological polar surface area (TPSA) is 0 Å². The predicted octanol–water partition coefficient (Wildman–Crippen LogP) is 2.02. The zero-order valence-corrected chi connectivity index (χ0v) is 8.46. The van der Waals surface area contributed by atoms with E-state index in [1.54, 1.807) is 0 Å². The number of thioether (sulfide) groups is 2. The lowest BCUT2D eigenvalue weighted by Crippen LogP contribution is -2.21. The van der Waals surface area contributed by atoms with Crippen LogP contribution in [0.4, 0.5) is 0 Å². The van der Waals surface area contributed by atoms with Crippen LogP contribution in [0.25, 0.3) is 0 Å². The molecule has 4 heteroatoms. The molecule has 0 unspecified atom stereocenters. The summed E-state index contributed by atoms with van der Waals surface area (Å²) in [5.41, 5.74) is 0. The van der Waals surface area contributed by atoms with Gasteiger partial charge in [0.1, 0.15) is 0 Å². The van der Waals surface area contributed by atoms with Crippen LogP contribution in [0.2, 0.25) is 0 Å². The van der Waals surface area contributed by atoms with Crippen molar-refractivity contribution in [2.75, 3.05) is 23.0 Å². The summed E-state index contributed by atoms with van der Waals surface area (Å²) in [5.74, 6) is 4.44. The van der Waals surface area contributed by atoms with Gasteiger partial charge in [-0.2, -0.15) is 25.3 Å². The molecule has 0 spiro atoms. The van der Waals surface area contributed by atoms with Gasteiger partial charge in [0.15, 0.2) is 0 Å². The molecule has 0 aromatic carbocycles. The van der Waals surface area contributed by atoms with Crippen molar-refractivity contribution in [3.8, 4) is 0 Å². The molecule has 0 aromatic heterocycles. The van der Waals surface area contributed by atoms with Crippen LogP contribution in [0.15, 0.2) is 0 Å². The van der Waals surface area contributed by atoms with Crippen molar-refractivity contribution in [3.63, 3.8) is 0 Å². The van der Waals surface area contributed by atoms with E-state index >= 15 is 0 Å². The lowest BCUT2D eigenvalue weighted by Gasteiger charge is -2.21. The highest BCUT2D eigenvalue weighted by Crippen LogP contribution is 2.45. The summed E-state index contributed by atoms with van der Waals surface area (Å²) < 4.78 is 0.340. The average Bonchev–Trinajstić information content (AvgIpc) is 2.36. The third kappa shape index (κ3) is 1.91. The zero-order chi connectivity index (χ0) is 6.74. The lowest BCUT2D eigenvalue weighted by atomic mass is 10.5. The lowest BCUT2D eigenvalue weighted by molar-refractivity contribution is 1.09. The summed E-state index contributed by atoms with van der Waals surface area (Å²) in [6.45, 7) is 0. The molecule has 1 saturated heterocycles. The Labute approximate surface area is 75.7 Å². The first kappa shape index (κ1) is 8.50. The Balaban J connectivity index is 2.45. The van der Waals surface area contributed by atoms with Crippen LogP contribution in [-0.2, 0) is 0 Å². The van der Waals surface area contributed by atoms with Gasteiger partial charge in [-0.05, 0) is 0 Å². The van der Waals surface area contributed by atoms with Gasteiger partial charge < -0.3 is 0 Å². The first-order chi connectivity index (χ1) is 4.33. The highest BCUT2D eigenvalue weighted by Gasteiger charge is 2.32. The van der Waals surface area contributed by atoms with Crippen LogP contribution in [-0.4, -0.2) is 27.1 Å². The molecule has 1 aliphatic heterocycles. The third-order valence-corrected chi connectivity index (χ3v) is 6.64. The molecule has 0 N–H and O–H groups in total. The van der Waals surface area contributed by atoms with E-state index in [1.165, 1.54) is 11.5 Å². The van der Waals surface area contributed by atoms with Crippen LogP contribution in [0.3, 0.4) is 0 Å². The summed E-state index contributed by atoms with van der Waals surface area (Å²) in [7, 11) is 0. The summed E-state index contributed by atoms with van der Waals surface area (Å²) in [5, 5.41) is 0. The minimum Gasteiger partial charge on any atom is -0.177 e. The summed E-state index contributed by atoms with van der Waals surface area (Å²) in [4.78, 5) is 0. The van der Waals surface area contributed by atoms with Crippen molar-refractivity contribution in [2.45, 2.75) is 4.08 Å². The van der Waals surface area contributed by atoms with E-state index < -0.39 is 0 Å². The molecule has 1 fully saturated rings. The van der Waals surface area contributed by atoms with E-state index in [1.807, 2.05) is 23.5 Å². The maximum atomic E-state index is 4.29. The van der Waals surface area contributed by atoms with Crippen LogP contribution in [0.1, 0.15) is 0 Å². The van der Waals surface area contributed by atoms with Gasteiger partial charge in [-0.25, -0.2) is 0 Å². The quantitative estimate of drug-likeness (QED) is 0.652. The van der Waals surface area contributed by atoms with E-state index in [0.717, 1.165) is 11.5 Å². The minimum absolute atomic E-state index is 0.340. The molecule has 0 nitrogen and oxygen atoms in total. The average molecular weight is 198 g/mol. The molecular formula is C5H10S4. The van der Waals surface area contributed by atoms with E-state index in [9.17, 15) is 0 Å². The summed E-state index contributed by atoms with van der Waals surface area (Å²) in [6.07, 6.45) is 0. The fourth-order valence-electron chi connectivity index (χ4n) is 0.730. The second-order valence-electron chi connectivity index (χ2n) is 1.92. The molecular weight excluding hydrogens is 188 g/mol. The minimum atomic E-state index is 0.340. The first-order valence-corrected chi connectivity index (χ1v) is 6.06. The maximum absolute atomic E-state index is 4.29. The van der Waals surface area contributed by atoms with Crippen molar-refractivity contribution in [2.24, 2.45) is 0 Å². The molecule has 0 radical (unpaired) electrons. The second kappa shape index (κ2) is 3.69. The molecule has 1 aliphatic rings. The molecule has 1 heterocycles. The fraction of sp³-hybridized carbons (Fsp3) is 1.00. The number of hydrogen-bond donors (Lipinski definition) is 2. The van der Waals surface area contributed by atoms with Crippen LogP contribution in [0.5, 0.6) is 0 Å². The first-order valence-electron chi connectivity index (χ1n) is 2.83. The molecule has 0 aromatic rings. The Morgan fingerprint density at radius 2 is 1.56 bits per heavy atom. The standard InChI is InChI=1S/C5H10S4/c6-3-5(4-7)8-1-2-9-5/h6-7H,1-4H2. The Morgan fingerprint density at radius 1 is 1.11 bits per heavy atom. The van der Waals surface area contributed by atoms with Gasteiger partial charge >= 0.3 is 0 Å². The summed E-state index contributed by atoms with van der Waals surface area (Å²) in [6, 6.07) is 0. The van der Waals surface area contributed by atoms with Crippen molar-refractivity contribution < 1.29 is 0 Å². The number of thiol groups is 2. The second-order valence-corrected chi connectivity index (χ2v) is 5.77. The van der Waals surface area contributed by atoms with Crippen LogP contribution in [0, 0.1) is 0 Å². The van der Waals surface area contributed by atoms with Gasteiger partial charge in [0, 0.05) is 23.0 Å². The van der Waals surface area contributed by atoms with Crippen LogP contribution < -0.4 is 0 Å². The Morgan fingerprint density at radius 3 is 1.78 bits per heavy atom. The van der Waals surface area contributed by atoms with E-state index in [4.69, 9.17) is 0 Å². The molecule has 0 aliphatic carbocycles. The van der Waals surface area contributed by atoms with Gasteiger partial charge in [-0.3, -0.25) is 0 Å². The maximum Gasteiger partial charge on any atom is 0.0786 e. The third-order valence-electron chi connectivity index (χ3n) is 1.30. The highest BCUT2D eigenvalue weighted by molar-refractivity contribution is 8.22. The normalized spacial score (nSPS) is 24.7. The van der Waals surface area contributed by atoms with Gasteiger partial charge in [0.2, 0.25) is 0 Å². The van der Waals surface area contributed by atoms with Crippen LogP contribution >= 0.6 is 48.8 Å². The predicted molar refractivity (Wildman–Crippen MR) is 55.4 cm³/mol. The van der Waals surface area contributed by atoms with Crippen molar-refractivity contribution >= 4 is 48.8 Å². The molecule has 0 atom stereocenters. The molecule has 0 amide bonds. The Bertz CT molecular complexity index is 81.0. The van der Waals surface area contributed by atoms with E-state index in [-0.39, 0.29) is 0 Å². The van der Waals surface area contributed by atoms with E-state index in [0.29, 0.717) is 4.08 Å². The zero-order valence-electron chi connectivity index (χ0n) is 5.04. The monoisotopic (exact) mass is 198 g/mol. The Kier molecular flexibility index (Phi) is 3.49. The molecule has 0 bridgehead atoms. The molecule has 1 rings (SSSR count). The smallest absolute Gasteiger partial charge is 0.0786 e. The fourth-order valence-corrected chi connectivity index (χ4v) is 4.83. The van der Waals surface area contributed by atoms with Gasteiger partial charge in [-0.1, -0.05) is 0 Å². The van der Waals surface area contributed by atoms with Crippen molar-refractivity contribution in [1.29, 1.82) is 0 Å². The number of hydrogen-bond acceptors (Lipinski definition) is 4. The summed E-state index contributed by atoms with van der Waals surface area (Å²) >= 11 is 12.6. The number of rotatable bonds is 2. The Hall–Kier alpha value is 1.40. The van der Waals surface area contributed by atoms with Gasteiger partial charge in [-0.15, -0.1) is 23.5 Å². The van der Waals surface area contributed by atoms with Crippen molar-refractivity contribution in [3.05, 3.63) is 0 Å². The largest absolute Gasteiger partial charge is 0.177 e. The molecule has 9 heavy (non-hydrogen) atoms. The SMILES string of the molecule is SCC1(CS)SCCS1. The molecule has 0 saturated carbocycles. The highest BCUT2D eigenvalue weighted by atomic mass is 32.2. The van der Waals surface area contributed by atoms with Gasteiger partial charge in [0.05, 0.1) is 4.08 Å².